The van der Waals surface area contributed by atoms with Crippen LogP contribution >= 0.6 is 0 Å². The van der Waals surface area contributed by atoms with Crippen molar-refractivity contribution in [3.8, 4) is 11.5 Å². The third-order valence-electron chi connectivity index (χ3n) is 2.44. The Morgan fingerprint density at radius 3 is 2.45 bits per heavy atom. The second-order valence-corrected chi connectivity index (χ2v) is 3.89. The molecular formula is C11H10N2O7. The molecule has 0 aliphatic carbocycles. The molecule has 0 fully saturated rings. The van der Waals surface area contributed by atoms with Crippen molar-refractivity contribution >= 4 is 23.3 Å². The van der Waals surface area contributed by atoms with Crippen molar-refractivity contribution in [2.24, 2.45) is 0 Å². The highest BCUT2D eigenvalue weighted by molar-refractivity contribution is 6.02. The number of carbonyl (C=O) groups excluding carboxylic acids is 1. The van der Waals surface area contributed by atoms with E-state index in [2.05, 4.69) is 5.32 Å². The molecule has 2 rings (SSSR count). The molecule has 0 atom stereocenters. The number of hydrogen-bond acceptors (Lipinski definition) is 6. The van der Waals surface area contributed by atoms with E-state index in [1.807, 2.05) is 0 Å². The molecule has 9 nitrogen and oxygen atoms in total. The number of nitrogens with zero attached hydrogens (tertiary/aromatic N) is 1. The van der Waals surface area contributed by atoms with Crippen LogP contribution < -0.4 is 14.8 Å². The molecule has 0 aromatic heterocycles. The highest BCUT2D eigenvalue weighted by atomic mass is 16.6. The molecule has 0 radical (unpaired) electrons. The van der Waals surface area contributed by atoms with Crippen LogP contribution in [-0.2, 0) is 9.59 Å². The van der Waals surface area contributed by atoms with Crippen molar-refractivity contribution < 1.29 is 29.1 Å². The summed E-state index contributed by atoms with van der Waals surface area (Å²) in [6.07, 6.45) is -0.786. The number of benzene rings is 1. The first kappa shape index (κ1) is 13.6. The van der Waals surface area contributed by atoms with Gasteiger partial charge in [-0.15, -0.1) is 0 Å². The number of nitrogens with one attached hydrogen (secondary N) is 1. The number of amides is 1. The summed E-state index contributed by atoms with van der Waals surface area (Å²) < 4.78 is 10.4. The highest BCUT2D eigenvalue weighted by Gasteiger charge is 2.23. The van der Waals surface area contributed by atoms with E-state index in [9.17, 15) is 19.7 Å². The van der Waals surface area contributed by atoms with E-state index in [4.69, 9.17) is 14.6 Å². The smallest absolute Gasteiger partial charge is 0.312 e. The largest absolute Gasteiger partial charge is 0.486 e. The van der Waals surface area contributed by atoms with E-state index in [0.717, 1.165) is 6.07 Å². The first-order valence-electron chi connectivity index (χ1n) is 5.57. The van der Waals surface area contributed by atoms with Crippen molar-refractivity contribution in [3.05, 3.63) is 22.2 Å². The predicted molar refractivity (Wildman–Crippen MR) is 65.0 cm³/mol. The number of fused-ring (bicyclic) bond motifs is 1. The van der Waals surface area contributed by atoms with Crippen LogP contribution in [-0.4, -0.2) is 35.1 Å². The number of rotatable bonds is 4. The number of ether oxygens (including phenoxy) is 2. The first-order valence-corrected chi connectivity index (χ1v) is 5.57. The van der Waals surface area contributed by atoms with Crippen molar-refractivity contribution in [2.75, 3.05) is 18.5 Å². The van der Waals surface area contributed by atoms with Crippen LogP contribution in [0.5, 0.6) is 11.5 Å². The molecule has 1 aliphatic rings. The minimum atomic E-state index is -1.33. The number of nitro groups is 1. The van der Waals surface area contributed by atoms with Gasteiger partial charge in [0.2, 0.25) is 5.91 Å². The van der Waals surface area contributed by atoms with Gasteiger partial charge >= 0.3 is 5.97 Å². The Labute approximate surface area is 112 Å². The molecule has 0 saturated carbocycles. The Morgan fingerprint density at radius 2 is 1.90 bits per heavy atom. The maximum absolute atomic E-state index is 11.4. The number of anilines is 1. The first-order chi connectivity index (χ1) is 9.47. The van der Waals surface area contributed by atoms with Gasteiger partial charge in [0.1, 0.15) is 25.3 Å². The summed E-state index contributed by atoms with van der Waals surface area (Å²) in [7, 11) is 0. The Balaban J connectivity index is 2.32. The van der Waals surface area contributed by atoms with Gasteiger partial charge in [-0.3, -0.25) is 19.7 Å². The fourth-order valence-corrected chi connectivity index (χ4v) is 1.66. The summed E-state index contributed by atoms with van der Waals surface area (Å²) >= 11 is 0. The van der Waals surface area contributed by atoms with Crippen LogP contribution in [0.2, 0.25) is 0 Å². The molecule has 1 amide bonds. The molecule has 106 valence electrons. The minimum Gasteiger partial charge on any atom is -0.486 e. The van der Waals surface area contributed by atoms with Gasteiger partial charge in [0.25, 0.3) is 5.69 Å². The summed E-state index contributed by atoms with van der Waals surface area (Å²) in [5.41, 5.74) is -0.529. The second-order valence-electron chi connectivity index (χ2n) is 3.89. The van der Waals surface area contributed by atoms with Gasteiger partial charge < -0.3 is 19.9 Å². The van der Waals surface area contributed by atoms with Crippen LogP contribution in [0.3, 0.4) is 0 Å². The third kappa shape index (κ3) is 2.94. The summed E-state index contributed by atoms with van der Waals surface area (Å²) in [5.74, 6) is -1.73. The maximum atomic E-state index is 11.4. The molecule has 2 N–H and O–H groups in total. The molecule has 9 heteroatoms. The van der Waals surface area contributed by atoms with Crippen LogP contribution in [0.25, 0.3) is 0 Å². The Kier molecular flexibility index (Phi) is 3.69. The predicted octanol–water partition coefficient (Wildman–Crippen LogP) is 0.779. The standard InChI is InChI=1S/C11H10N2O7/c14-10(5-11(15)16)12-6-3-8-9(20-2-1-19-8)4-7(6)13(17)18/h3-4H,1-2,5H2,(H,12,14)(H,15,16). The summed E-state index contributed by atoms with van der Waals surface area (Å²) in [5, 5.41) is 21.6. The fraction of sp³-hybridized carbons (Fsp3) is 0.273. The lowest BCUT2D eigenvalue weighted by molar-refractivity contribution is -0.384. The fourth-order valence-electron chi connectivity index (χ4n) is 1.66. The molecule has 0 saturated heterocycles. The molecule has 1 heterocycles. The quantitative estimate of drug-likeness (QED) is 0.474. The Hall–Kier alpha value is -2.84. The zero-order valence-electron chi connectivity index (χ0n) is 10.1. The van der Waals surface area contributed by atoms with Gasteiger partial charge in [-0.25, -0.2) is 0 Å². The van der Waals surface area contributed by atoms with Crippen LogP contribution in [0, 0.1) is 10.1 Å². The molecule has 1 aromatic carbocycles. The number of carboxylic acids is 1. The number of carbonyl (C=O) groups is 2. The second kappa shape index (κ2) is 5.43. The molecule has 1 aromatic rings. The van der Waals surface area contributed by atoms with E-state index in [1.165, 1.54) is 6.07 Å². The van der Waals surface area contributed by atoms with Crippen molar-refractivity contribution in [1.29, 1.82) is 0 Å². The third-order valence-corrected chi connectivity index (χ3v) is 2.44. The van der Waals surface area contributed by atoms with Crippen LogP contribution in [0.4, 0.5) is 11.4 Å². The van der Waals surface area contributed by atoms with Gasteiger partial charge in [0.15, 0.2) is 11.5 Å². The lowest BCUT2D eigenvalue weighted by Gasteiger charge is -2.19. The molecule has 1 aliphatic heterocycles. The topological polar surface area (TPSA) is 128 Å². The van der Waals surface area contributed by atoms with Gasteiger partial charge in [-0.05, 0) is 0 Å². The summed E-state index contributed by atoms with van der Waals surface area (Å²) in [6, 6.07) is 2.37. The average molecular weight is 282 g/mol. The van der Waals surface area contributed by atoms with Crippen molar-refractivity contribution in [2.45, 2.75) is 6.42 Å². The van der Waals surface area contributed by atoms with Crippen LogP contribution in [0.15, 0.2) is 12.1 Å². The molecule has 0 spiro atoms. The van der Waals surface area contributed by atoms with E-state index in [-0.39, 0.29) is 30.4 Å². The van der Waals surface area contributed by atoms with E-state index in [0.29, 0.717) is 0 Å². The van der Waals surface area contributed by atoms with Crippen molar-refractivity contribution in [1.82, 2.24) is 0 Å². The van der Waals surface area contributed by atoms with E-state index >= 15 is 0 Å². The lowest BCUT2D eigenvalue weighted by atomic mass is 10.2. The zero-order chi connectivity index (χ0) is 14.7. The van der Waals surface area contributed by atoms with Crippen LogP contribution in [0.1, 0.15) is 6.42 Å². The lowest BCUT2D eigenvalue weighted by Crippen LogP contribution is -2.19. The number of carboxylic acid groups (broad SMARTS) is 1. The number of nitro benzene ring substituents is 1. The van der Waals surface area contributed by atoms with Gasteiger partial charge in [0, 0.05) is 6.07 Å². The van der Waals surface area contributed by atoms with E-state index in [1.54, 1.807) is 0 Å². The van der Waals surface area contributed by atoms with E-state index < -0.39 is 28.9 Å². The maximum Gasteiger partial charge on any atom is 0.312 e. The average Bonchev–Trinajstić information content (AvgIpc) is 2.36. The highest BCUT2D eigenvalue weighted by Crippen LogP contribution is 2.39. The summed E-state index contributed by atoms with van der Waals surface area (Å²) in [6.45, 7) is 0.558. The molecular weight excluding hydrogens is 272 g/mol. The van der Waals surface area contributed by atoms with Crippen molar-refractivity contribution in [3.63, 3.8) is 0 Å². The molecule has 0 bridgehead atoms. The Morgan fingerprint density at radius 1 is 1.30 bits per heavy atom. The molecule has 0 unspecified atom stereocenters. The number of hydrogen-bond donors (Lipinski definition) is 2. The Bertz CT molecular complexity index is 584. The monoisotopic (exact) mass is 282 g/mol. The zero-order valence-corrected chi connectivity index (χ0v) is 10.1. The van der Waals surface area contributed by atoms with Gasteiger partial charge in [-0.2, -0.15) is 0 Å². The van der Waals surface area contributed by atoms with Gasteiger partial charge in [-0.1, -0.05) is 0 Å². The SMILES string of the molecule is O=C(O)CC(=O)Nc1cc2c(cc1[N+](=O)[O-])OCCO2. The normalized spacial score (nSPS) is 12.6. The minimum absolute atomic E-state index is 0.134. The summed E-state index contributed by atoms with van der Waals surface area (Å²) in [4.78, 5) is 32.0. The number of aliphatic carboxylic acids is 1. The molecule has 20 heavy (non-hydrogen) atoms. The van der Waals surface area contributed by atoms with Gasteiger partial charge in [0.05, 0.1) is 11.0 Å².